The standard InChI is InChI=1S/C12H14F3N3O3/c1-7-5-4-6-9(16-7)18-11(10(20)21-3,12(13,14)15)17-8(2)19/h4-6H,1-3H3,(H,16,18)(H,17,19)/t11-/m0/s1. The van der Waals surface area contributed by atoms with Crippen molar-refractivity contribution < 1.29 is 27.5 Å². The van der Waals surface area contributed by atoms with Crippen molar-refractivity contribution in [2.24, 2.45) is 0 Å². The van der Waals surface area contributed by atoms with Crippen molar-refractivity contribution in [2.75, 3.05) is 12.4 Å². The van der Waals surface area contributed by atoms with E-state index in [4.69, 9.17) is 0 Å². The normalized spacial score (nSPS) is 14.0. The highest BCUT2D eigenvalue weighted by Crippen LogP contribution is 2.32. The predicted molar refractivity (Wildman–Crippen MR) is 67.2 cm³/mol. The minimum absolute atomic E-state index is 0.230. The zero-order valence-electron chi connectivity index (χ0n) is 11.5. The van der Waals surface area contributed by atoms with Crippen molar-refractivity contribution in [3.63, 3.8) is 0 Å². The molecule has 0 bridgehead atoms. The van der Waals surface area contributed by atoms with Crippen molar-refractivity contribution in [1.82, 2.24) is 10.3 Å². The molecule has 0 fully saturated rings. The van der Waals surface area contributed by atoms with Crippen LogP contribution in [0.25, 0.3) is 0 Å². The summed E-state index contributed by atoms with van der Waals surface area (Å²) in [6.45, 7) is 2.42. The Bertz CT molecular complexity index is 548. The highest BCUT2D eigenvalue weighted by molar-refractivity contribution is 5.90. The summed E-state index contributed by atoms with van der Waals surface area (Å²) < 4.78 is 44.2. The second-order valence-electron chi connectivity index (χ2n) is 4.21. The van der Waals surface area contributed by atoms with Crippen LogP contribution in [0.5, 0.6) is 0 Å². The second-order valence-corrected chi connectivity index (χ2v) is 4.21. The number of carbonyl (C=O) groups is 2. The van der Waals surface area contributed by atoms with Crippen molar-refractivity contribution >= 4 is 17.7 Å². The van der Waals surface area contributed by atoms with Gasteiger partial charge in [-0.05, 0) is 19.1 Å². The molecule has 21 heavy (non-hydrogen) atoms. The van der Waals surface area contributed by atoms with Crippen LogP contribution in [0.15, 0.2) is 18.2 Å². The number of ether oxygens (including phenoxy) is 1. The molecule has 0 saturated carbocycles. The van der Waals surface area contributed by atoms with Gasteiger partial charge < -0.3 is 15.4 Å². The SMILES string of the molecule is COC(=O)[C@](NC(C)=O)(Nc1cccc(C)n1)C(F)(F)F. The number of anilines is 1. The summed E-state index contributed by atoms with van der Waals surface area (Å²) >= 11 is 0. The van der Waals surface area contributed by atoms with Crippen molar-refractivity contribution in [1.29, 1.82) is 0 Å². The van der Waals surface area contributed by atoms with E-state index in [1.165, 1.54) is 12.1 Å². The van der Waals surface area contributed by atoms with Gasteiger partial charge in [-0.25, -0.2) is 9.78 Å². The highest BCUT2D eigenvalue weighted by Gasteiger charge is 2.63. The molecule has 9 heteroatoms. The van der Waals surface area contributed by atoms with Crippen LogP contribution in [0.4, 0.5) is 19.0 Å². The topological polar surface area (TPSA) is 80.3 Å². The molecule has 1 heterocycles. The average Bonchev–Trinajstić information content (AvgIpc) is 2.35. The van der Waals surface area contributed by atoms with Crippen LogP contribution in [0.2, 0.25) is 0 Å². The third kappa shape index (κ3) is 3.61. The van der Waals surface area contributed by atoms with Crippen LogP contribution in [0.1, 0.15) is 12.6 Å². The number of carbonyl (C=O) groups excluding carboxylic acids is 2. The molecule has 2 N–H and O–H groups in total. The number of nitrogens with zero attached hydrogens (tertiary/aromatic N) is 1. The van der Waals surface area contributed by atoms with E-state index in [0.29, 0.717) is 5.69 Å². The molecule has 116 valence electrons. The van der Waals surface area contributed by atoms with E-state index in [9.17, 15) is 22.8 Å². The second kappa shape index (κ2) is 5.98. The zero-order valence-corrected chi connectivity index (χ0v) is 11.5. The summed E-state index contributed by atoms with van der Waals surface area (Å²) in [7, 11) is 0.788. The molecule has 1 rings (SSSR count). The van der Waals surface area contributed by atoms with Gasteiger partial charge in [0.1, 0.15) is 5.82 Å². The summed E-state index contributed by atoms with van der Waals surface area (Å²) in [5.41, 5.74) is -2.97. The van der Waals surface area contributed by atoms with E-state index >= 15 is 0 Å². The molecule has 0 radical (unpaired) electrons. The lowest BCUT2D eigenvalue weighted by atomic mass is 10.1. The van der Waals surface area contributed by atoms with E-state index in [0.717, 1.165) is 14.0 Å². The van der Waals surface area contributed by atoms with Gasteiger partial charge in [-0.15, -0.1) is 0 Å². The predicted octanol–water partition coefficient (Wildman–Crippen LogP) is 1.37. The van der Waals surface area contributed by atoms with Crippen molar-refractivity contribution in [2.45, 2.75) is 25.7 Å². The van der Waals surface area contributed by atoms with Gasteiger partial charge in [0.05, 0.1) is 7.11 Å². The first-order valence-corrected chi connectivity index (χ1v) is 5.78. The average molecular weight is 305 g/mol. The fraction of sp³-hybridized carbons (Fsp3) is 0.417. The first-order chi connectivity index (χ1) is 9.62. The molecule has 0 aliphatic heterocycles. The Morgan fingerprint density at radius 3 is 2.33 bits per heavy atom. The molecule has 0 aliphatic rings. The fourth-order valence-corrected chi connectivity index (χ4v) is 1.61. The maximum Gasteiger partial charge on any atom is 0.441 e. The van der Waals surface area contributed by atoms with E-state index in [2.05, 4.69) is 9.72 Å². The Hall–Kier alpha value is -2.32. The number of pyridine rings is 1. The molecule has 1 amide bonds. The van der Waals surface area contributed by atoms with Gasteiger partial charge in [0.25, 0.3) is 0 Å². The van der Waals surface area contributed by atoms with Gasteiger partial charge in [-0.2, -0.15) is 13.2 Å². The van der Waals surface area contributed by atoms with Crippen LogP contribution >= 0.6 is 0 Å². The first-order valence-electron chi connectivity index (χ1n) is 5.78. The van der Waals surface area contributed by atoms with Gasteiger partial charge in [0.2, 0.25) is 5.91 Å². The van der Waals surface area contributed by atoms with Crippen LogP contribution < -0.4 is 10.6 Å². The van der Waals surface area contributed by atoms with Gasteiger partial charge in [0.15, 0.2) is 0 Å². The summed E-state index contributed by atoms with van der Waals surface area (Å²) in [5, 5.41) is 3.48. The molecule has 0 spiro atoms. The molecule has 1 aromatic rings. The molecule has 0 unspecified atom stereocenters. The maximum absolute atomic E-state index is 13.4. The van der Waals surface area contributed by atoms with Gasteiger partial charge in [-0.3, -0.25) is 4.79 Å². The molecule has 1 atom stereocenters. The lowest BCUT2D eigenvalue weighted by molar-refractivity contribution is -0.206. The maximum atomic E-state index is 13.4. The smallest absolute Gasteiger partial charge is 0.441 e. The Morgan fingerprint density at radius 2 is 1.90 bits per heavy atom. The Balaban J connectivity index is 3.34. The molecule has 0 saturated heterocycles. The van der Waals surface area contributed by atoms with E-state index in [-0.39, 0.29) is 5.82 Å². The van der Waals surface area contributed by atoms with Gasteiger partial charge >= 0.3 is 17.8 Å². The number of halogens is 3. The van der Waals surface area contributed by atoms with Crippen LogP contribution in [0.3, 0.4) is 0 Å². The first kappa shape index (κ1) is 16.7. The van der Waals surface area contributed by atoms with E-state index in [1.54, 1.807) is 18.3 Å². The Labute approximate surface area is 118 Å². The number of amides is 1. The monoisotopic (exact) mass is 305 g/mol. The van der Waals surface area contributed by atoms with Crippen LogP contribution in [0, 0.1) is 6.92 Å². The van der Waals surface area contributed by atoms with Crippen LogP contribution in [-0.4, -0.2) is 35.8 Å². The Kier molecular flexibility index (Phi) is 4.77. The van der Waals surface area contributed by atoms with E-state index in [1.807, 2.05) is 5.32 Å². The fourth-order valence-electron chi connectivity index (χ4n) is 1.61. The summed E-state index contributed by atoms with van der Waals surface area (Å²) in [4.78, 5) is 26.6. The minimum atomic E-state index is -5.14. The van der Waals surface area contributed by atoms with Crippen molar-refractivity contribution in [3.8, 4) is 0 Å². The molecule has 0 aromatic carbocycles. The highest BCUT2D eigenvalue weighted by atomic mass is 19.4. The number of rotatable bonds is 4. The largest absolute Gasteiger partial charge is 0.466 e. The molecular formula is C12H14F3N3O3. The number of nitrogens with one attached hydrogen (secondary N) is 2. The number of aromatic nitrogens is 1. The third-order valence-corrected chi connectivity index (χ3v) is 2.48. The van der Waals surface area contributed by atoms with Gasteiger partial charge in [-0.1, -0.05) is 6.07 Å². The lowest BCUT2D eigenvalue weighted by Crippen LogP contribution is -2.69. The zero-order chi connectivity index (χ0) is 16.3. The third-order valence-electron chi connectivity index (χ3n) is 2.48. The summed E-state index contributed by atoms with van der Waals surface area (Å²) in [5.74, 6) is -2.99. The number of alkyl halides is 3. The lowest BCUT2D eigenvalue weighted by Gasteiger charge is -2.34. The quantitative estimate of drug-likeness (QED) is 0.649. The summed E-state index contributed by atoms with van der Waals surface area (Å²) in [6, 6.07) is 4.26. The van der Waals surface area contributed by atoms with Crippen molar-refractivity contribution in [3.05, 3.63) is 23.9 Å². The van der Waals surface area contributed by atoms with Crippen LogP contribution in [-0.2, 0) is 14.3 Å². The molecular weight excluding hydrogens is 291 g/mol. The van der Waals surface area contributed by atoms with E-state index < -0.39 is 23.7 Å². The molecule has 1 aromatic heterocycles. The number of methoxy groups -OCH3 is 1. The number of hydrogen-bond donors (Lipinski definition) is 2. The minimum Gasteiger partial charge on any atom is -0.466 e. The number of esters is 1. The summed E-state index contributed by atoms with van der Waals surface area (Å²) in [6.07, 6.45) is -5.14. The molecule has 6 nitrogen and oxygen atoms in total. The van der Waals surface area contributed by atoms with Gasteiger partial charge in [0, 0.05) is 12.6 Å². The number of aryl methyl sites for hydroxylation is 1. The molecule has 0 aliphatic carbocycles. The number of hydrogen-bond acceptors (Lipinski definition) is 5. The Morgan fingerprint density at radius 1 is 1.29 bits per heavy atom.